The third-order valence-electron chi connectivity index (χ3n) is 16.6. The van der Waals surface area contributed by atoms with E-state index in [2.05, 4.69) is 48.5 Å². The SMILES string of the molecule is C#Cc1cccc2cccc(-c3ncc4c(N5CC6CCC(C5)N6)nc(OC[C@H]5C[C@@H](N6CCN(CC7CCC(Nc8ccc9c(c8)C(=O)N(C8CCC(=O)NC8=O)C9=O)CC7)CC6)CN5C)nc4c3F)c12. The molecule has 3 unspecified atom stereocenters. The van der Waals surface area contributed by atoms with Gasteiger partial charge in [0.2, 0.25) is 11.8 Å². The number of terminal acetylenes is 1. The van der Waals surface area contributed by atoms with Gasteiger partial charge in [0, 0.05) is 117 Å². The number of amides is 4. The second-order valence-corrected chi connectivity index (χ2v) is 21.1. The first-order valence-electron chi connectivity index (χ1n) is 25.8. The number of halogens is 1. The van der Waals surface area contributed by atoms with Gasteiger partial charge < -0.3 is 25.2 Å². The fourth-order valence-electron chi connectivity index (χ4n) is 12.8. The van der Waals surface area contributed by atoms with E-state index in [-0.39, 0.29) is 47.7 Å². The molecule has 6 fully saturated rings. The molecule has 5 aromatic rings. The van der Waals surface area contributed by atoms with E-state index in [9.17, 15) is 19.2 Å². The van der Waals surface area contributed by atoms with Crippen LogP contribution in [0.3, 0.4) is 0 Å². The van der Waals surface area contributed by atoms with Gasteiger partial charge in [0.15, 0.2) is 5.82 Å². The minimum atomic E-state index is -0.977. The highest BCUT2D eigenvalue weighted by Crippen LogP contribution is 2.38. The maximum absolute atomic E-state index is 17.1. The summed E-state index contributed by atoms with van der Waals surface area (Å²) < 4.78 is 23.6. The molecule has 3 N–H and O–H groups in total. The molecule has 8 heterocycles. The standard InChI is InChI=1S/C55H60FN11O5/c1-3-33-6-4-7-34-8-5-9-42(47(33)34)49-48(56)50-44(26-57-49)51(66-28-37-14-15-38(29-66)59-37)62-55(61-50)72-31-40-25-39(30-63(40)2)65-22-20-64(21-23-65)27-32-10-12-35(13-11-32)58-36-16-17-41-43(24-36)54(71)67(53(41)70)45-18-19-46(68)60-52(45)69/h1,4-9,16-17,24,26,32,35,37-40,45,58-59H,10-15,18-23,25,27-31H2,2H3,(H,60,68,69)/t32?,35?,37?,38?,39-,40-,45?/m1/s1. The first-order chi connectivity index (χ1) is 35.0. The normalized spacial score (nSPS) is 27.2. The molecule has 1 aliphatic carbocycles. The van der Waals surface area contributed by atoms with Crippen molar-refractivity contribution < 1.29 is 28.3 Å². The summed E-state index contributed by atoms with van der Waals surface area (Å²) >= 11 is 0. The second-order valence-electron chi connectivity index (χ2n) is 21.1. The van der Waals surface area contributed by atoms with Gasteiger partial charge >= 0.3 is 6.01 Å². The zero-order valence-corrected chi connectivity index (χ0v) is 40.6. The van der Waals surface area contributed by atoms with Crippen LogP contribution in [0.15, 0.2) is 60.8 Å². The van der Waals surface area contributed by atoms with E-state index in [1.165, 1.54) is 0 Å². The molecule has 5 atom stereocenters. The van der Waals surface area contributed by atoms with Gasteiger partial charge in [-0.2, -0.15) is 9.97 Å². The third kappa shape index (κ3) is 8.71. The van der Waals surface area contributed by atoms with Crippen LogP contribution in [-0.4, -0.2) is 160 Å². The highest BCUT2D eigenvalue weighted by Gasteiger charge is 2.45. The van der Waals surface area contributed by atoms with Crippen LogP contribution in [-0.2, 0) is 9.59 Å². The van der Waals surface area contributed by atoms with Crippen molar-refractivity contribution in [2.24, 2.45) is 5.92 Å². The van der Waals surface area contributed by atoms with Gasteiger partial charge in [-0.25, -0.2) is 4.39 Å². The minimum Gasteiger partial charge on any atom is -0.462 e. The second kappa shape index (κ2) is 19.1. The molecule has 1 saturated carbocycles. The van der Waals surface area contributed by atoms with Crippen LogP contribution in [0.5, 0.6) is 6.01 Å². The lowest BCUT2D eigenvalue weighted by atomic mass is 9.85. The van der Waals surface area contributed by atoms with Gasteiger partial charge in [-0.3, -0.25) is 44.2 Å². The number of hydrogen-bond donors (Lipinski definition) is 3. The van der Waals surface area contributed by atoms with Gasteiger partial charge in [0.1, 0.15) is 29.7 Å². The van der Waals surface area contributed by atoms with Crippen LogP contribution in [0.2, 0.25) is 0 Å². The van der Waals surface area contributed by atoms with Crippen molar-refractivity contribution in [1.29, 1.82) is 0 Å². The number of piperazine rings is 2. The van der Waals surface area contributed by atoms with Crippen LogP contribution in [0, 0.1) is 24.1 Å². The number of imide groups is 2. The van der Waals surface area contributed by atoms with Gasteiger partial charge in [0.25, 0.3) is 11.8 Å². The maximum Gasteiger partial charge on any atom is 0.319 e. The van der Waals surface area contributed by atoms with E-state index in [4.69, 9.17) is 26.1 Å². The number of rotatable bonds is 11. The zero-order chi connectivity index (χ0) is 49.2. The van der Waals surface area contributed by atoms with Gasteiger partial charge in [-0.05, 0) is 94.0 Å². The average Bonchev–Trinajstić information content (AvgIpc) is 4.02. The molecular formula is C55H60FN11O5. The van der Waals surface area contributed by atoms with Crippen LogP contribution in [0.25, 0.3) is 32.9 Å². The highest BCUT2D eigenvalue weighted by atomic mass is 19.1. The predicted octanol–water partition coefficient (Wildman–Crippen LogP) is 5.05. The Labute approximate surface area is 418 Å². The summed E-state index contributed by atoms with van der Waals surface area (Å²) in [7, 11) is 2.16. The molecule has 16 nitrogen and oxygen atoms in total. The fourth-order valence-corrected chi connectivity index (χ4v) is 12.8. The molecule has 12 rings (SSSR count). The van der Waals surface area contributed by atoms with Crippen molar-refractivity contribution in [2.75, 3.05) is 76.2 Å². The Bertz CT molecular complexity index is 3020. The molecule has 0 radical (unpaired) electrons. The molecule has 2 aromatic heterocycles. The number of fused-ring (bicyclic) bond motifs is 5. The number of carbonyl (C=O) groups excluding carboxylic acids is 4. The zero-order valence-electron chi connectivity index (χ0n) is 40.6. The maximum atomic E-state index is 17.1. The van der Waals surface area contributed by atoms with Gasteiger partial charge in [0.05, 0.1) is 16.5 Å². The Morgan fingerprint density at radius 3 is 2.39 bits per heavy atom. The summed E-state index contributed by atoms with van der Waals surface area (Å²) in [5.41, 5.74) is 3.07. The predicted molar refractivity (Wildman–Crippen MR) is 271 cm³/mol. The lowest BCUT2D eigenvalue weighted by Crippen LogP contribution is -2.54. The molecule has 4 amide bonds. The van der Waals surface area contributed by atoms with Crippen molar-refractivity contribution in [3.63, 3.8) is 0 Å². The smallest absolute Gasteiger partial charge is 0.319 e. The molecule has 6 aliphatic heterocycles. The van der Waals surface area contributed by atoms with E-state index in [1.54, 1.807) is 18.3 Å². The summed E-state index contributed by atoms with van der Waals surface area (Å²) in [5.74, 6) is 1.55. The quantitative estimate of drug-likeness (QED) is 0.119. The lowest BCUT2D eigenvalue weighted by molar-refractivity contribution is -0.136. The summed E-state index contributed by atoms with van der Waals surface area (Å²) in [6.45, 7) is 8.05. The van der Waals surface area contributed by atoms with Crippen molar-refractivity contribution >= 4 is 56.8 Å². The highest BCUT2D eigenvalue weighted by molar-refractivity contribution is 6.23. The Hall–Kier alpha value is -6.58. The monoisotopic (exact) mass is 973 g/mol. The number of hydrogen-bond acceptors (Lipinski definition) is 14. The number of nitrogens with one attached hydrogen (secondary N) is 3. The Morgan fingerprint density at radius 1 is 0.861 bits per heavy atom. The first kappa shape index (κ1) is 46.5. The number of piperidine rings is 1. The first-order valence-corrected chi connectivity index (χ1v) is 25.8. The molecule has 3 aromatic carbocycles. The van der Waals surface area contributed by atoms with Crippen molar-refractivity contribution in [1.82, 2.24) is 45.2 Å². The number of carbonyl (C=O) groups is 4. The van der Waals surface area contributed by atoms with Crippen LogP contribution >= 0.6 is 0 Å². The van der Waals surface area contributed by atoms with Gasteiger partial charge in [-0.15, -0.1) is 6.42 Å². The minimum absolute atomic E-state index is 0.0901. The molecular weight excluding hydrogens is 914 g/mol. The number of pyridine rings is 1. The topological polar surface area (TPSA) is 168 Å². The number of nitrogens with zero attached hydrogens (tertiary/aromatic N) is 8. The van der Waals surface area contributed by atoms with E-state index in [1.807, 2.05) is 42.5 Å². The summed E-state index contributed by atoms with van der Waals surface area (Å²) in [4.78, 5) is 76.2. The molecule has 372 valence electrons. The number of aromatic nitrogens is 3. The van der Waals surface area contributed by atoms with E-state index in [0.717, 1.165) is 119 Å². The van der Waals surface area contributed by atoms with Crippen LogP contribution in [0.1, 0.15) is 84.1 Å². The fraction of sp³-hybridized carbons (Fsp3) is 0.473. The molecule has 5 saturated heterocycles. The van der Waals surface area contributed by atoms with Crippen LogP contribution < -0.4 is 25.6 Å². The molecule has 0 spiro atoms. The van der Waals surface area contributed by atoms with E-state index < -0.39 is 35.5 Å². The van der Waals surface area contributed by atoms with E-state index >= 15 is 4.39 Å². The van der Waals surface area contributed by atoms with Gasteiger partial charge in [-0.1, -0.05) is 36.3 Å². The number of likely N-dealkylation sites (N-methyl/N-ethyl adjacent to an activating group) is 1. The van der Waals surface area contributed by atoms with E-state index in [0.29, 0.717) is 58.5 Å². The van der Waals surface area contributed by atoms with Crippen molar-refractivity contribution in [2.45, 2.75) is 94.0 Å². The molecule has 7 aliphatic rings. The summed E-state index contributed by atoms with van der Waals surface area (Å²) in [6, 6.07) is 17.5. The Balaban J connectivity index is 0.652. The number of benzene rings is 3. The van der Waals surface area contributed by atoms with Crippen LogP contribution in [0.4, 0.5) is 15.9 Å². The molecule has 2 bridgehead atoms. The Kier molecular flexibility index (Phi) is 12.3. The Morgan fingerprint density at radius 2 is 1.62 bits per heavy atom. The third-order valence-corrected chi connectivity index (χ3v) is 16.6. The number of ether oxygens (including phenoxy) is 1. The lowest BCUT2D eigenvalue weighted by Gasteiger charge is -2.40. The number of likely N-dealkylation sites (tertiary alicyclic amines) is 1. The molecule has 17 heteroatoms. The summed E-state index contributed by atoms with van der Waals surface area (Å²) in [5, 5.41) is 11.8. The number of anilines is 2. The van der Waals surface area contributed by atoms with Crippen molar-refractivity contribution in [3.05, 3.63) is 83.3 Å². The largest absolute Gasteiger partial charge is 0.462 e. The average molecular weight is 974 g/mol. The molecule has 72 heavy (non-hydrogen) atoms. The summed E-state index contributed by atoms with van der Waals surface area (Å²) in [6.07, 6.45) is 15.3. The van der Waals surface area contributed by atoms with Crippen molar-refractivity contribution in [3.8, 4) is 29.6 Å².